The minimum Gasteiger partial charge on any atom is -0.364 e. The Morgan fingerprint density at radius 3 is 2.55 bits per heavy atom. The van der Waals surface area contributed by atoms with Crippen LogP contribution in [-0.4, -0.2) is 16.9 Å². The number of hydrogen-bond donors (Lipinski definition) is 3. The minimum absolute atomic E-state index is 0.0371. The first-order valence-corrected chi connectivity index (χ1v) is 11.2. The van der Waals surface area contributed by atoms with E-state index in [4.69, 9.17) is 10.4 Å². The third kappa shape index (κ3) is 4.61. The molecule has 1 unspecified atom stereocenters. The number of hydrogen-bond acceptors (Lipinski definition) is 5. The fourth-order valence-corrected chi connectivity index (χ4v) is 5.00. The van der Waals surface area contributed by atoms with Gasteiger partial charge in [-0.15, -0.1) is 11.3 Å². The molecule has 3 rings (SSSR count). The van der Waals surface area contributed by atoms with Crippen LogP contribution in [0.1, 0.15) is 56.7 Å². The zero-order chi connectivity index (χ0) is 21.1. The highest BCUT2D eigenvalue weighted by Crippen LogP contribution is 2.36. The summed E-state index contributed by atoms with van der Waals surface area (Å²) in [5.41, 5.74) is 7.47. The van der Waals surface area contributed by atoms with Gasteiger partial charge in [-0.3, -0.25) is 4.98 Å². The number of allylic oxidation sites excluding steroid dienone is 2. The van der Waals surface area contributed by atoms with Crippen LogP contribution in [0.25, 0.3) is 16.3 Å². The molecule has 0 saturated carbocycles. The highest BCUT2D eigenvalue weighted by Gasteiger charge is 2.28. The fourth-order valence-electron chi connectivity index (χ4n) is 4.01. The molecule has 1 aliphatic rings. The summed E-state index contributed by atoms with van der Waals surface area (Å²) in [6, 6.07) is 8.42. The van der Waals surface area contributed by atoms with Crippen molar-refractivity contribution in [1.29, 1.82) is 5.41 Å². The molecule has 0 saturated heterocycles. The van der Waals surface area contributed by atoms with Crippen molar-refractivity contribution in [3.05, 3.63) is 57.7 Å². The largest absolute Gasteiger partial charge is 0.364 e. The molecule has 0 radical (unpaired) electrons. The van der Waals surface area contributed by atoms with Gasteiger partial charge in [0.25, 0.3) is 0 Å². The highest BCUT2D eigenvalue weighted by molar-refractivity contribution is 7.15. The summed E-state index contributed by atoms with van der Waals surface area (Å²) < 4.78 is 0. The monoisotopic (exact) mass is 408 g/mol. The Labute approximate surface area is 178 Å². The molecule has 3 N–H and O–H groups in total. The third-order valence-corrected chi connectivity index (χ3v) is 6.60. The lowest BCUT2D eigenvalue weighted by Crippen LogP contribution is -2.37. The van der Waals surface area contributed by atoms with Gasteiger partial charge in [-0.05, 0) is 76.3 Å². The average Bonchev–Trinajstić information content (AvgIpc) is 3.24. The van der Waals surface area contributed by atoms with Gasteiger partial charge in [-0.2, -0.15) is 0 Å². The second-order valence-corrected chi connectivity index (χ2v) is 9.06. The maximum absolute atomic E-state index is 8.00. The van der Waals surface area contributed by atoms with Crippen LogP contribution >= 0.6 is 11.3 Å². The van der Waals surface area contributed by atoms with Crippen molar-refractivity contribution in [2.75, 3.05) is 0 Å². The molecular formula is C24H32N4S. The van der Waals surface area contributed by atoms with Crippen LogP contribution in [0.4, 0.5) is 0 Å². The lowest BCUT2D eigenvalue weighted by molar-refractivity contribution is 0.492. The van der Waals surface area contributed by atoms with Crippen molar-refractivity contribution in [3.8, 4) is 10.6 Å². The Bertz CT molecular complexity index is 963. The van der Waals surface area contributed by atoms with E-state index in [-0.39, 0.29) is 6.17 Å². The fraction of sp³-hybridized carbons (Fsp3) is 0.417. The van der Waals surface area contributed by atoms with Crippen molar-refractivity contribution in [1.82, 2.24) is 15.6 Å². The third-order valence-electron chi connectivity index (χ3n) is 5.53. The second kappa shape index (κ2) is 8.95. The molecule has 29 heavy (non-hydrogen) atoms. The summed E-state index contributed by atoms with van der Waals surface area (Å²) in [5, 5.41) is 15.3. The van der Waals surface area contributed by atoms with Crippen LogP contribution in [0.2, 0.25) is 0 Å². The van der Waals surface area contributed by atoms with E-state index < -0.39 is 0 Å². The lowest BCUT2D eigenvalue weighted by atomic mass is 9.90. The van der Waals surface area contributed by atoms with Crippen LogP contribution in [0.15, 0.2) is 41.6 Å². The molecule has 0 aliphatic carbocycles. The first kappa shape index (κ1) is 21.3. The topological polar surface area (TPSA) is 60.8 Å². The van der Waals surface area contributed by atoms with Crippen molar-refractivity contribution in [2.45, 2.75) is 60.5 Å². The molecule has 3 heterocycles. The van der Waals surface area contributed by atoms with Crippen molar-refractivity contribution in [3.63, 3.8) is 0 Å². The number of pyridine rings is 1. The molecule has 0 fully saturated rings. The van der Waals surface area contributed by atoms with Crippen LogP contribution < -0.4 is 10.6 Å². The number of rotatable bonds is 7. The van der Waals surface area contributed by atoms with Crippen LogP contribution in [0, 0.1) is 25.2 Å². The van der Waals surface area contributed by atoms with Crippen molar-refractivity contribution < 1.29 is 0 Å². The first-order chi connectivity index (χ1) is 13.8. The van der Waals surface area contributed by atoms with Crippen LogP contribution in [0.3, 0.4) is 0 Å². The molecule has 2 aromatic heterocycles. The van der Waals surface area contributed by atoms with E-state index in [1.807, 2.05) is 26.0 Å². The van der Waals surface area contributed by atoms with Gasteiger partial charge in [0.15, 0.2) is 0 Å². The summed E-state index contributed by atoms with van der Waals surface area (Å²) in [4.78, 5) is 7.16. The minimum atomic E-state index is 0.0371. The predicted octanol–water partition coefficient (Wildman–Crippen LogP) is 6.04. The molecule has 0 spiro atoms. The number of nitrogens with zero attached hydrogens (tertiary/aromatic N) is 1. The zero-order valence-electron chi connectivity index (χ0n) is 18.3. The highest BCUT2D eigenvalue weighted by atomic mass is 32.1. The van der Waals surface area contributed by atoms with Gasteiger partial charge in [0.1, 0.15) is 6.17 Å². The summed E-state index contributed by atoms with van der Waals surface area (Å²) in [5.74, 6) is 0.461. The second-order valence-electron chi connectivity index (χ2n) is 7.81. The Balaban J connectivity index is 1.91. The van der Waals surface area contributed by atoms with Crippen LogP contribution in [0.5, 0.6) is 0 Å². The Kier molecular flexibility index (Phi) is 6.58. The normalized spacial score (nSPS) is 16.9. The summed E-state index contributed by atoms with van der Waals surface area (Å²) >= 11 is 1.79. The predicted molar refractivity (Wildman–Crippen MR) is 125 cm³/mol. The number of aryl methyl sites for hydroxylation is 2. The molecular weight excluding hydrogens is 376 g/mol. The number of nitrogens with one attached hydrogen (secondary N) is 3. The Morgan fingerprint density at radius 1 is 1.21 bits per heavy atom. The summed E-state index contributed by atoms with van der Waals surface area (Å²) in [6.45, 7) is 12.6. The summed E-state index contributed by atoms with van der Waals surface area (Å²) in [7, 11) is 0. The molecule has 0 amide bonds. The lowest BCUT2D eigenvalue weighted by Gasteiger charge is -2.25. The number of thiophene rings is 1. The Hall–Kier alpha value is -2.40. The smallest absolute Gasteiger partial charge is 0.119 e. The SMILES string of the molecule is CCC(CC)/C(=C/C(C)=N)C1NC(C)=C(c2cc(-c3cccc(C)n3)sc2C)N1. The maximum Gasteiger partial charge on any atom is 0.119 e. The molecule has 4 nitrogen and oxygen atoms in total. The van der Waals surface area contributed by atoms with E-state index in [2.05, 4.69) is 56.5 Å². The molecule has 0 bridgehead atoms. The molecule has 5 heteroatoms. The van der Waals surface area contributed by atoms with Gasteiger partial charge in [-0.25, -0.2) is 0 Å². The van der Waals surface area contributed by atoms with Gasteiger partial charge < -0.3 is 16.0 Å². The molecule has 0 aromatic carbocycles. The molecule has 154 valence electrons. The first-order valence-electron chi connectivity index (χ1n) is 10.4. The van der Waals surface area contributed by atoms with Gasteiger partial charge in [-0.1, -0.05) is 19.9 Å². The average molecular weight is 409 g/mol. The molecule has 2 aromatic rings. The molecule has 1 atom stereocenters. The van der Waals surface area contributed by atoms with E-state index in [1.54, 1.807) is 11.3 Å². The standard InChI is InChI=1S/C24H32N4S/c1-7-18(8-2)20(12-14(3)25)24-27-16(5)23(28-24)19-13-22(29-17(19)6)21-11-9-10-15(4)26-21/h9-13,18,24-25,27-28H,7-8H2,1-6H3/b20-12-,25-14?. The van der Waals surface area contributed by atoms with Gasteiger partial charge in [0.2, 0.25) is 0 Å². The van der Waals surface area contributed by atoms with Gasteiger partial charge in [0, 0.05) is 27.5 Å². The van der Waals surface area contributed by atoms with E-state index in [0.29, 0.717) is 11.6 Å². The maximum atomic E-state index is 8.00. The van der Waals surface area contributed by atoms with Crippen LogP contribution in [-0.2, 0) is 0 Å². The van der Waals surface area contributed by atoms with Crippen molar-refractivity contribution >= 4 is 22.7 Å². The Morgan fingerprint density at radius 2 is 1.93 bits per heavy atom. The quantitative estimate of drug-likeness (QED) is 0.490. The number of aromatic nitrogens is 1. The van der Waals surface area contributed by atoms with E-state index in [0.717, 1.165) is 35.6 Å². The van der Waals surface area contributed by atoms with E-state index >= 15 is 0 Å². The van der Waals surface area contributed by atoms with Gasteiger partial charge >= 0.3 is 0 Å². The van der Waals surface area contributed by atoms with E-state index in [9.17, 15) is 0 Å². The van der Waals surface area contributed by atoms with Crippen molar-refractivity contribution in [2.24, 2.45) is 5.92 Å². The molecule has 1 aliphatic heterocycles. The van der Waals surface area contributed by atoms with Gasteiger partial charge in [0.05, 0.1) is 16.3 Å². The summed E-state index contributed by atoms with van der Waals surface area (Å²) in [6.07, 6.45) is 4.21. The zero-order valence-corrected chi connectivity index (χ0v) is 19.1. The van der Waals surface area contributed by atoms with E-state index in [1.165, 1.54) is 20.9 Å².